The number of Topliss-reactive ketones (excluding diaryl/α,β-unsaturated/α-hetero) is 1. The highest BCUT2D eigenvalue weighted by Crippen LogP contribution is 2.30. The molecule has 6 nitrogen and oxygen atoms in total. The van der Waals surface area contributed by atoms with E-state index in [9.17, 15) is 13.2 Å². The first-order valence-electron chi connectivity index (χ1n) is 8.78. The van der Waals surface area contributed by atoms with Crippen molar-refractivity contribution in [1.29, 1.82) is 0 Å². The Labute approximate surface area is 158 Å². The quantitative estimate of drug-likeness (QED) is 0.837. The summed E-state index contributed by atoms with van der Waals surface area (Å²) in [6.07, 6.45) is 4.24. The summed E-state index contributed by atoms with van der Waals surface area (Å²) in [5.41, 5.74) is 2.17. The van der Waals surface area contributed by atoms with Crippen LogP contribution in [-0.4, -0.2) is 43.3 Å². The summed E-state index contributed by atoms with van der Waals surface area (Å²) >= 11 is 6.05. The second kappa shape index (κ2) is 6.79. The molecule has 1 atom stereocenters. The Morgan fingerprint density at radius 3 is 2.73 bits per heavy atom. The van der Waals surface area contributed by atoms with Crippen LogP contribution in [0.5, 0.6) is 0 Å². The van der Waals surface area contributed by atoms with Gasteiger partial charge in [0, 0.05) is 30.2 Å². The van der Waals surface area contributed by atoms with Crippen LogP contribution < -0.4 is 5.32 Å². The van der Waals surface area contributed by atoms with Gasteiger partial charge in [-0.05, 0) is 36.6 Å². The maximum Gasteiger partial charge on any atom is 0.239 e. The molecular formula is C18H20ClN3O3S. The van der Waals surface area contributed by atoms with Crippen molar-refractivity contribution in [1.82, 2.24) is 4.31 Å². The molecule has 26 heavy (non-hydrogen) atoms. The molecule has 0 spiro atoms. The largest absolute Gasteiger partial charge is 0.370 e. The number of hydrogen-bond donors (Lipinski definition) is 1. The zero-order chi connectivity index (χ0) is 18.3. The maximum atomic E-state index is 12.9. The third-order valence-electron chi connectivity index (χ3n) is 5.07. The highest BCUT2D eigenvalue weighted by Gasteiger charge is 2.37. The minimum absolute atomic E-state index is 0.106. The van der Waals surface area contributed by atoms with Crippen molar-refractivity contribution in [3.63, 3.8) is 0 Å². The predicted molar refractivity (Wildman–Crippen MR) is 102 cm³/mol. The SMILES string of the molecule is O=C1CC(S(=O)(=O)N2CCCCC2)=CC2=NCc3ccc(Cl)cc3NC12. The molecule has 138 valence electrons. The lowest BCUT2D eigenvalue weighted by atomic mass is 9.98. The van der Waals surface area contributed by atoms with Crippen LogP contribution in [0.15, 0.2) is 34.2 Å². The average Bonchev–Trinajstić information content (AvgIpc) is 2.82. The van der Waals surface area contributed by atoms with E-state index in [1.807, 2.05) is 6.07 Å². The van der Waals surface area contributed by atoms with Gasteiger partial charge in [0.25, 0.3) is 0 Å². The Balaban J connectivity index is 1.67. The molecule has 1 aromatic rings. The van der Waals surface area contributed by atoms with Crippen LogP contribution in [0.3, 0.4) is 0 Å². The van der Waals surface area contributed by atoms with E-state index in [1.54, 1.807) is 18.2 Å². The summed E-state index contributed by atoms with van der Waals surface area (Å²) < 4.78 is 27.3. The molecule has 1 unspecified atom stereocenters. The molecule has 2 heterocycles. The van der Waals surface area contributed by atoms with E-state index < -0.39 is 16.1 Å². The smallest absolute Gasteiger partial charge is 0.239 e. The molecule has 1 fully saturated rings. The van der Waals surface area contributed by atoms with Gasteiger partial charge in [-0.15, -0.1) is 0 Å². The highest BCUT2D eigenvalue weighted by molar-refractivity contribution is 7.93. The monoisotopic (exact) mass is 393 g/mol. The second-order valence-electron chi connectivity index (χ2n) is 6.84. The number of aliphatic imine (C=N–C) groups is 1. The molecule has 2 aliphatic heterocycles. The van der Waals surface area contributed by atoms with Crippen molar-refractivity contribution in [2.45, 2.75) is 38.3 Å². The van der Waals surface area contributed by atoms with Crippen LogP contribution in [-0.2, 0) is 21.4 Å². The molecule has 0 radical (unpaired) electrons. The molecule has 1 N–H and O–H groups in total. The fourth-order valence-electron chi connectivity index (χ4n) is 3.62. The fraction of sp³-hybridized carbons (Fsp3) is 0.444. The third-order valence-corrected chi connectivity index (χ3v) is 7.27. The molecule has 8 heteroatoms. The molecule has 0 amide bonds. The maximum absolute atomic E-state index is 12.9. The Hall–Kier alpha value is -1.70. The van der Waals surface area contributed by atoms with Crippen molar-refractivity contribution >= 4 is 38.8 Å². The topological polar surface area (TPSA) is 78.8 Å². The van der Waals surface area contributed by atoms with E-state index in [-0.39, 0.29) is 17.1 Å². The van der Waals surface area contributed by atoms with Crippen LogP contribution in [0.2, 0.25) is 5.02 Å². The summed E-state index contributed by atoms with van der Waals surface area (Å²) in [4.78, 5) is 17.4. The Morgan fingerprint density at radius 2 is 1.96 bits per heavy atom. The van der Waals surface area contributed by atoms with Gasteiger partial charge >= 0.3 is 0 Å². The van der Waals surface area contributed by atoms with Crippen LogP contribution in [0.4, 0.5) is 5.69 Å². The van der Waals surface area contributed by atoms with Crippen molar-refractivity contribution in [2.24, 2.45) is 4.99 Å². The molecular weight excluding hydrogens is 374 g/mol. The number of sulfonamides is 1. The number of carbonyl (C=O) groups is 1. The first-order chi connectivity index (χ1) is 12.4. The number of piperidine rings is 1. The Bertz CT molecular complexity index is 918. The fourth-order valence-corrected chi connectivity index (χ4v) is 5.46. The highest BCUT2D eigenvalue weighted by atomic mass is 35.5. The van der Waals surface area contributed by atoms with Gasteiger partial charge < -0.3 is 5.32 Å². The van der Waals surface area contributed by atoms with Crippen molar-refractivity contribution < 1.29 is 13.2 Å². The molecule has 4 rings (SSSR count). The van der Waals surface area contributed by atoms with Crippen LogP contribution in [0, 0.1) is 0 Å². The first-order valence-corrected chi connectivity index (χ1v) is 10.6. The number of carbonyl (C=O) groups excluding carboxylic acids is 1. The predicted octanol–water partition coefficient (Wildman–Crippen LogP) is 2.75. The number of anilines is 1. The minimum atomic E-state index is -3.61. The Morgan fingerprint density at radius 1 is 1.19 bits per heavy atom. The summed E-state index contributed by atoms with van der Waals surface area (Å²) in [5, 5.41) is 3.76. The van der Waals surface area contributed by atoms with Gasteiger partial charge in [-0.25, -0.2) is 8.42 Å². The molecule has 3 aliphatic rings. The summed E-state index contributed by atoms with van der Waals surface area (Å²) in [7, 11) is -3.61. The van der Waals surface area contributed by atoms with Gasteiger partial charge in [-0.3, -0.25) is 9.79 Å². The first kappa shape index (κ1) is 17.7. The minimum Gasteiger partial charge on any atom is -0.370 e. The zero-order valence-corrected chi connectivity index (χ0v) is 15.8. The lowest BCUT2D eigenvalue weighted by Gasteiger charge is -2.29. The molecule has 0 bridgehead atoms. The Kier molecular flexibility index (Phi) is 4.62. The lowest BCUT2D eigenvalue weighted by molar-refractivity contribution is -0.117. The van der Waals surface area contributed by atoms with Crippen molar-refractivity contribution in [3.8, 4) is 0 Å². The van der Waals surface area contributed by atoms with E-state index in [0.717, 1.165) is 30.5 Å². The number of nitrogens with zero attached hydrogens (tertiary/aromatic N) is 2. The summed E-state index contributed by atoms with van der Waals surface area (Å²) in [6.45, 7) is 1.42. The lowest BCUT2D eigenvalue weighted by Crippen LogP contribution is -2.43. The number of rotatable bonds is 2. The zero-order valence-electron chi connectivity index (χ0n) is 14.2. The van der Waals surface area contributed by atoms with Crippen molar-refractivity contribution in [2.75, 3.05) is 18.4 Å². The molecule has 1 aliphatic carbocycles. The van der Waals surface area contributed by atoms with E-state index in [2.05, 4.69) is 10.3 Å². The number of hydrogen-bond acceptors (Lipinski definition) is 5. The molecule has 0 aromatic heterocycles. The number of fused-ring (bicyclic) bond motifs is 2. The van der Waals surface area contributed by atoms with Crippen LogP contribution in [0.1, 0.15) is 31.2 Å². The molecule has 0 saturated carbocycles. The second-order valence-corrected chi connectivity index (χ2v) is 9.27. The number of benzene rings is 1. The average molecular weight is 394 g/mol. The van der Waals surface area contributed by atoms with Gasteiger partial charge in [0.05, 0.1) is 17.2 Å². The van der Waals surface area contributed by atoms with E-state index in [0.29, 0.717) is 30.4 Å². The number of ketones is 1. The van der Waals surface area contributed by atoms with E-state index in [1.165, 1.54) is 4.31 Å². The normalized spacial score (nSPS) is 23.9. The van der Waals surface area contributed by atoms with Crippen LogP contribution >= 0.6 is 11.6 Å². The van der Waals surface area contributed by atoms with Crippen molar-refractivity contribution in [3.05, 3.63) is 39.8 Å². The van der Waals surface area contributed by atoms with Gasteiger partial charge in [0.15, 0.2) is 5.78 Å². The number of halogens is 1. The number of allylic oxidation sites excluding steroid dienone is 1. The van der Waals surface area contributed by atoms with Gasteiger partial charge in [-0.2, -0.15) is 4.31 Å². The van der Waals surface area contributed by atoms with Crippen LogP contribution in [0.25, 0.3) is 0 Å². The van der Waals surface area contributed by atoms with Gasteiger partial charge in [-0.1, -0.05) is 24.1 Å². The van der Waals surface area contributed by atoms with Gasteiger partial charge in [0.1, 0.15) is 6.04 Å². The van der Waals surface area contributed by atoms with E-state index >= 15 is 0 Å². The standard InChI is InChI=1S/C18H20ClN3O3S/c19-13-5-4-12-11-20-16-9-14(10-17(23)18(16)21-15(12)8-13)26(24,25)22-6-2-1-3-7-22/h4-5,8-9,18,21H,1-3,6-7,10-11H2. The third kappa shape index (κ3) is 3.19. The molecule has 1 saturated heterocycles. The molecule has 1 aromatic carbocycles. The number of nitrogens with one attached hydrogen (secondary N) is 1. The van der Waals surface area contributed by atoms with E-state index in [4.69, 9.17) is 11.6 Å². The summed E-state index contributed by atoms with van der Waals surface area (Å²) in [6, 6.07) is 4.79. The van der Waals surface area contributed by atoms with Gasteiger partial charge in [0.2, 0.25) is 10.0 Å². The summed E-state index contributed by atoms with van der Waals surface area (Å²) in [5.74, 6) is -0.186.